The normalized spacial score (nSPS) is 12.7. The maximum atomic E-state index is 9.46. The average Bonchev–Trinajstić information content (AvgIpc) is 3.56. The van der Waals surface area contributed by atoms with Crippen molar-refractivity contribution < 1.29 is 9.90 Å². The molecule has 2 nitrogen and oxygen atoms in total. The third kappa shape index (κ3) is 4.35. The lowest BCUT2D eigenvalue weighted by Gasteiger charge is -2.27. The van der Waals surface area contributed by atoms with E-state index in [1.165, 1.54) is 0 Å². The van der Waals surface area contributed by atoms with Crippen LogP contribution in [0, 0.1) is 0 Å². The molecule has 8 aromatic carbocycles. The number of fused-ring (bicyclic) bond motifs is 6. The molecule has 0 aliphatic heterocycles. The van der Waals surface area contributed by atoms with Gasteiger partial charge < -0.3 is 9.32 Å². The highest BCUT2D eigenvalue weighted by Crippen LogP contribution is 2.45. The van der Waals surface area contributed by atoms with Crippen molar-refractivity contribution in [3.05, 3.63) is 176 Å². The van der Waals surface area contributed by atoms with Crippen molar-refractivity contribution in [1.29, 1.82) is 0 Å². The Morgan fingerprint density at radius 2 is 1.13 bits per heavy atom. The van der Waals surface area contributed by atoms with E-state index in [1.54, 1.807) is 0 Å². The molecule has 46 heavy (non-hydrogen) atoms. The van der Waals surface area contributed by atoms with Crippen LogP contribution in [0.4, 0.5) is 17.1 Å². The van der Waals surface area contributed by atoms with Gasteiger partial charge in [0.1, 0.15) is 11.2 Å². The number of furan rings is 1. The Morgan fingerprint density at radius 1 is 0.457 bits per heavy atom. The van der Waals surface area contributed by atoms with Gasteiger partial charge in [-0.05, 0) is 80.8 Å². The van der Waals surface area contributed by atoms with Crippen LogP contribution in [0.15, 0.2) is 180 Å². The zero-order valence-electron chi connectivity index (χ0n) is 28.8. The van der Waals surface area contributed by atoms with Gasteiger partial charge in [0.15, 0.2) is 0 Å². The molecule has 0 fully saturated rings. The van der Waals surface area contributed by atoms with Gasteiger partial charge in [0.25, 0.3) is 0 Å². The summed E-state index contributed by atoms with van der Waals surface area (Å²) in [4.78, 5) is 1.87. The smallest absolute Gasteiger partial charge is 0.143 e. The summed E-state index contributed by atoms with van der Waals surface area (Å²) in [6.07, 6.45) is 0. The molecule has 0 aliphatic carbocycles. The van der Waals surface area contributed by atoms with Gasteiger partial charge in [0, 0.05) is 22.1 Å². The molecule has 0 spiro atoms. The first-order valence-electron chi connectivity index (χ1n) is 17.4. The van der Waals surface area contributed by atoms with Gasteiger partial charge in [-0.3, -0.25) is 0 Å². The van der Waals surface area contributed by atoms with E-state index >= 15 is 0 Å². The minimum absolute atomic E-state index is 0.0994. The molecular formula is C44H29NO. The van der Waals surface area contributed by atoms with Crippen LogP contribution in [0.2, 0.25) is 0 Å². The van der Waals surface area contributed by atoms with Gasteiger partial charge in [0.05, 0.1) is 16.6 Å². The van der Waals surface area contributed by atoms with Crippen LogP contribution in [-0.2, 0) is 0 Å². The molecule has 216 valence electrons. The molecule has 2 heteroatoms. The highest BCUT2D eigenvalue weighted by Gasteiger charge is 2.21. The third-order valence-electron chi connectivity index (χ3n) is 8.71. The monoisotopic (exact) mass is 591 g/mol. The average molecular weight is 592 g/mol. The summed E-state index contributed by atoms with van der Waals surface area (Å²) >= 11 is 0. The van der Waals surface area contributed by atoms with Crippen LogP contribution in [0.25, 0.3) is 65.7 Å². The molecule has 0 aliphatic rings. The minimum atomic E-state index is -0.129. The fourth-order valence-electron chi connectivity index (χ4n) is 6.57. The molecule has 0 unspecified atom stereocenters. The Hall–Kier alpha value is -6.12. The number of anilines is 3. The SMILES string of the molecule is [2H]c1c([2H])c(N(c2cccc(-c3cccc4ccccc34)c2)c2cccc3oc4c5ccccc5ccc4c23)c([2H])c([2H])c1-c1ccccc1. The fraction of sp³-hybridized carbons (Fsp3) is 0. The van der Waals surface area contributed by atoms with E-state index in [0.717, 1.165) is 49.0 Å². The van der Waals surface area contributed by atoms with Gasteiger partial charge in [-0.2, -0.15) is 0 Å². The van der Waals surface area contributed by atoms with Gasteiger partial charge >= 0.3 is 0 Å². The summed E-state index contributed by atoms with van der Waals surface area (Å²) < 4.78 is 43.9. The molecule has 0 amide bonds. The van der Waals surface area contributed by atoms with Crippen LogP contribution in [0.1, 0.15) is 5.48 Å². The number of hydrogen-bond donors (Lipinski definition) is 0. The van der Waals surface area contributed by atoms with E-state index in [-0.39, 0.29) is 35.4 Å². The van der Waals surface area contributed by atoms with Gasteiger partial charge in [-0.1, -0.05) is 133 Å². The molecule has 0 radical (unpaired) electrons. The maximum Gasteiger partial charge on any atom is 0.143 e. The second-order valence-corrected chi connectivity index (χ2v) is 11.4. The molecule has 0 saturated carbocycles. The lowest BCUT2D eigenvalue weighted by atomic mass is 9.97. The van der Waals surface area contributed by atoms with E-state index in [4.69, 9.17) is 4.42 Å². The first-order chi connectivity index (χ1) is 24.5. The van der Waals surface area contributed by atoms with Crippen LogP contribution >= 0.6 is 0 Å². The second-order valence-electron chi connectivity index (χ2n) is 11.4. The van der Waals surface area contributed by atoms with Crippen molar-refractivity contribution in [3.63, 3.8) is 0 Å². The Balaban J connectivity index is 1.36. The molecule has 9 aromatic rings. The molecular weight excluding hydrogens is 558 g/mol. The Kier molecular flexibility index (Phi) is 5.26. The highest BCUT2D eigenvalue weighted by atomic mass is 16.3. The van der Waals surface area contributed by atoms with Crippen LogP contribution in [0.3, 0.4) is 0 Å². The molecule has 1 heterocycles. The summed E-state index contributed by atoms with van der Waals surface area (Å²) in [7, 11) is 0. The maximum absolute atomic E-state index is 9.46. The van der Waals surface area contributed by atoms with Gasteiger partial charge in [-0.25, -0.2) is 0 Å². The quantitative estimate of drug-likeness (QED) is 0.198. The third-order valence-corrected chi connectivity index (χ3v) is 8.71. The van der Waals surface area contributed by atoms with Crippen LogP contribution in [0.5, 0.6) is 0 Å². The zero-order chi connectivity index (χ0) is 33.9. The molecule has 9 rings (SSSR count). The summed E-state index contributed by atoms with van der Waals surface area (Å²) in [5.74, 6) is 0. The Morgan fingerprint density at radius 3 is 1.98 bits per heavy atom. The summed E-state index contributed by atoms with van der Waals surface area (Å²) in [5.41, 5.74) is 5.92. The first-order valence-corrected chi connectivity index (χ1v) is 15.4. The van der Waals surface area contributed by atoms with Gasteiger partial charge in [-0.15, -0.1) is 0 Å². The summed E-state index contributed by atoms with van der Waals surface area (Å²) in [5, 5.41) is 6.04. The van der Waals surface area contributed by atoms with E-state index < -0.39 is 0 Å². The van der Waals surface area contributed by atoms with Crippen molar-refractivity contribution in [2.24, 2.45) is 0 Å². The van der Waals surface area contributed by atoms with Crippen molar-refractivity contribution in [2.45, 2.75) is 0 Å². The van der Waals surface area contributed by atoms with E-state index in [0.29, 0.717) is 22.5 Å². The van der Waals surface area contributed by atoms with E-state index in [9.17, 15) is 5.48 Å². The fourth-order valence-corrected chi connectivity index (χ4v) is 6.57. The highest BCUT2D eigenvalue weighted by molar-refractivity contribution is 6.19. The van der Waals surface area contributed by atoms with Crippen LogP contribution < -0.4 is 4.90 Å². The number of hydrogen-bond acceptors (Lipinski definition) is 2. The van der Waals surface area contributed by atoms with Crippen molar-refractivity contribution in [3.8, 4) is 22.3 Å². The Labute approximate surface area is 273 Å². The van der Waals surface area contributed by atoms with Crippen LogP contribution in [-0.4, -0.2) is 0 Å². The zero-order valence-corrected chi connectivity index (χ0v) is 24.8. The van der Waals surface area contributed by atoms with Gasteiger partial charge in [0.2, 0.25) is 0 Å². The summed E-state index contributed by atoms with van der Waals surface area (Å²) in [6.45, 7) is 0. The van der Waals surface area contributed by atoms with E-state index in [2.05, 4.69) is 66.7 Å². The predicted molar refractivity (Wildman–Crippen MR) is 194 cm³/mol. The standard InChI is InChI=1S/C44H29NO/c1-2-11-30(12-3-1)31-23-26-35(27-24-31)45(36-17-8-16-34(29-36)38-20-9-15-32-13-4-6-18-37(32)38)41-21-10-22-42-43(41)40-28-25-33-14-5-7-19-39(33)44(40)46-42/h1-29H/i23D,24D,26D,27D. The predicted octanol–water partition coefficient (Wildman–Crippen LogP) is 12.7. The molecule has 0 bridgehead atoms. The number of rotatable bonds is 5. The molecule has 0 N–H and O–H groups in total. The second kappa shape index (κ2) is 10.8. The molecule has 0 atom stereocenters. The van der Waals surface area contributed by atoms with Crippen molar-refractivity contribution in [2.75, 3.05) is 4.90 Å². The topological polar surface area (TPSA) is 16.4 Å². The lowest BCUT2D eigenvalue weighted by molar-refractivity contribution is 0.672. The molecule has 1 aromatic heterocycles. The largest absolute Gasteiger partial charge is 0.455 e. The molecule has 0 saturated heterocycles. The lowest BCUT2D eigenvalue weighted by Crippen LogP contribution is -2.10. The Bertz CT molecular complexity index is 2740. The number of nitrogens with zero attached hydrogens (tertiary/aromatic N) is 1. The first kappa shape index (κ1) is 22.4. The van der Waals surface area contributed by atoms with Crippen molar-refractivity contribution >= 4 is 60.5 Å². The van der Waals surface area contributed by atoms with E-state index in [1.807, 2.05) is 89.8 Å². The number of benzene rings is 8. The summed E-state index contributed by atoms with van der Waals surface area (Å²) in [6, 6.07) is 49.4. The van der Waals surface area contributed by atoms with Crippen molar-refractivity contribution in [1.82, 2.24) is 0 Å². The minimum Gasteiger partial charge on any atom is -0.455 e.